The van der Waals surface area contributed by atoms with Gasteiger partial charge in [0.1, 0.15) is 0 Å². The highest BCUT2D eigenvalue weighted by atomic mass is 32.2. The van der Waals surface area contributed by atoms with Crippen molar-refractivity contribution >= 4 is 22.6 Å². The summed E-state index contributed by atoms with van der Waals surface area (Å²) in [5, 5.41) is 6.15. The number of hydrogen-bond acceptors (Lipinski definition) is 6. The van der Waals surface area contributed by atoms with Gasteiger partial charge in [-0.1, -0.05) is 49.7 Å². The predicted molar refractivity (Wildman–Crippen MR) is 133 cm³/mol. The quantitative estimate of drug-likeness (QED) is 0.280. The van der Waals surface area contributed by atoms with E-state index in [1.807, 2.05) is 30.3 Å². The van der Waals surface area contributed by atoms with Crippen LogP contribution in [-0.2, 0) is 9.47 Å². The summed E-state index contributed by atoms with van der Waals surface area (Å²) in [5.74, 6) is 16.3. The van der Waals surface area contributed by atoms with Crippen LogP contribution in [0.25, 0.3) is 0 Å². The zero-order chi connectivity index (χ0) is 22.3. The maximum absolute atomic E-state index is 6.26. The third-order valence-electron chi connectivity index (χ3n) is 7.75. The first kappa shape index (κ1) is 23.9. The van der Waals surface area contributed by atoms with Crippen LogP contribution in [0.2, 0.25) is 0 Å². The second-order valence-electron chi connectivity index (χ2n) is 10.0. The summed E-state index contributed by atoms with van der Waals surface area (Å²) < 4.78 is 12.5. The molecule has 1 aromatic carbocycles. The molecule has 0 spiro atoms. The molecule has 0 radical (unpaired) electrons. The summed E-state index contributed by atoms with van der Waals surface area (Å²) in [7, 11) is 0. The monoisotopic (exact) mass is 460 g/mol. The molecule has 2 aliphatic carbocycles. The first-order valence-corrected chi connectivity index (χ1v) is 13.4. The van der Waals surface area contributed by atoms with Crippen LogP contribution < -0.4 is 16.7 Å². The van der Waals surface area contributed by atoms with E-state index in [0.717, 1.165) is 36.5 Å². The molecule has 3 aliphatic rings. The number of hydrazine groups is 1. The van der Waals surface area contributed by atoms with Gasteiger partial charge in [0.15, 0.2) is 6.29 Å². The van der Waals surface area contributed by atoms with E-state index in [-0.39, 0.29) is 6.29 Å². The second kappa shape index (κ2) is 11.7. The Kier molecular flexibility index (Phi) is 8.75. The smallest absolute Gasteiger partial charge is 0.201 e. The number of nitrogens with two attached hydrogens (primary N) is 2. The second-order valence-corrected chi connectivity index (χ2v) is 11.0. The summed E-state index contributed by atoms with van der Waals surface area (Å²) in [4.78, 5) is 0. The molecule has 4 N–H and O–H groups in total. The number of anilines is 1. The average Bonchev–Trinajstić information content (AvgIpc) is 2.86. The zero-order valence-corrected chi connectivity index (χ0v) is 20.2. The topological polar surface area (TPSA) is 86.1 Å². The van der Waals surface area contributed by atoms with Gasteiger partial charge in [0, 0.05) is 17.6 Å². The van der Waals surface area contributed by atoms with Crippen LogP contribution in [0.15, 0.2) is 35.4 Å². The minimum atomic E-state index is 0.00106. The molecule has 1 heterocycles. The first-order chi connectivity index (χ1) is 15.6. The molecule has 7 heteroatoms. The van der Waals surface area contributed by atoms with Crippen LogP contribution in [0.5, 0.6) is 0 Å². The lowest BCUT2D eigenvalue weighted by Gasteiger charge is -2.41. The standard InChI is InChI=1S/C25H40N4O2S/c1-18-7-11-20(12-8-18)22-15-30-24(31-16-22)21-13-9-19(10-14-21)17-32-25(28-26)29(27)23-5-3-2-4-6-23/h2-6,18-22,24H,7-17,26-27H2,1H3/b28-25+. The van der Waals surface area contributed by atoms with E-state index in [1.165, 1.54) is 51.4 Å². The van der Waals surface area contributed by atoms with Crippen molar-refractivity contribution in [3.05, 3.63) is 30.3 Å². The summed E-state index contributed by atoms with van der Waals surface area (Å²) in [6.45, 7) is 4.16. The molecular formula is C25H40N4O2S. The Balaban J connectivity index is 1.16. The van der Waals surface area contributed by atoms with Crippen LogP contribution in [0, 0.1) is 29.6 Å². The molecule has 1 aromatic rings. The molecule has 0 amide bonds. The van der Waals surface area contributed by atoms with Crippen molar-refractivity contribution < 1.29 is 9.47 Å². The Morgan fingerprint density at radius 3 is 2.19 bits per heavy atom. The highest BCUT2D eigenvalue weighted by Crippen LogP contribution is 2.39. The first-order valence-electron chi connectivity index (χ1n) is 12.4. The van der Waals surface area contributed by atoms with E-state index in [4.69, 9.17) is 21.2 Å². The molecular weight excluding hydrogens is 420 g/mol. The molecule has 32 heavy (non-hydrogen) atoms. The van der Waals surface area contributed by atoms with Crippen molar-refractivity contribution in [3.8, 4) is 0 Å². The van der Waals surface area contributed by atoms with Crippen LogP contribution in [-0.4, -0.2) is 30.4 Å². The molecule has 3 fully saturated rings. The van der Waals surface area contributed by atoms with Crippen molar-refractivity contribution in [3.63, 3.8) is 0 Å². The Hall–Kier alpha value is -1.28. The van der Waals surface area contributed by atoms with Gasteiger partial charge in [-0.3, -0.25) is 5.01 Å². The predicted octanol–water partition coefficient (Wildman–Crippen LogP) is 4.95. The molecule has 4 rings (SSSR count). The molecule has 0 bridgehead atoms. The minimum absolute atomic E-state index is 0.00106. The molecule has 0 unspecified atom stereocenters. The number of ether oxygens (including phenoxy) is 2. The molecule has 0 atom stereocenters. The Labute approximate surface area is 197 Å². The normalized spacial score (nSPS) is 34.2. The summed E-state index contributed by atoms with van der Waals surface area (Å²) >= 11 is 1.65. The molecule has 6 nitrogen and oxygen atoms in total. The Morgan fingerprint density at radius 2 is 1.56 bits per heavy atom. The van der Waals surface area contributed by atoms with Gasteiger partial charge in [-0.15, -0.1) is 0 Å². The number of rotatable bonds is 5. The van der Waals surface area contributed by atoms with E-state index in [1.54, 1.807) is 16.8 Å². The Morgan fingerprint density at radius 1 is 0.938 bits per heavy atom. The van der Waals surface area contributed by atoms with Crippen LogP contribution in [0.1, 0.15) is 58.3 Å². The van der Waals surface area contributed by atoms with Gasteiger partial charge in [0.25, 0.3) is 0 Å². The number of hydrogen-bond donors (Lipinski definition) is 2. The van der Waals surface area contributed by atoms with E-state index >= 15 is 0 Å². The number of nitrogens with zero attached hydrogens (tertiary/aromatic N) is 2. The van der Waals surface area contributed by atoms with Gasteiger partial charge in [-0.25, -0.2) is 5.84 Å². The molecule has 0 aromatic heterocycles. The third-order valence-corrected chi connectivity index (χ3v) is 8.95. The van der Waals surface area contributed by atoms with E-state index < -0.39 is 0 Å². The fraction of sp³-hybridized carbons (Fsp3) is 0.720. The number of para-hydroxylation sites is 1. The lowest BCUT2D eigenvalue weighted by molar-refractivity contribution is -0.237. The van der Waals surface area contributed by atoms with Gasteiger partial charge in [0.05, 0.1) is 18.9 Å². The van der Waals surface area contributed by atoms with Crippen LogP contribution in [0.3, 0.4) is 0 Å². The van der Waals surface area contributed by atoms with Gasteiger partial charge < -0.3 is 15.3 Å². The van der Waals surface area contributed by atoms with E-state index in [0.29, 0.717) is 22.9 Å². The maximum atomic E-state index is 6.26. The van der Waals surface area contributed by atoms with Gasteiger partial charge in [-0.05, 0) is 68.4 Å². The lowest BCUT2D eigenvalue weighted by Crippen LogP contribution is -2.41. The van der Waals surface area contributed by atoms with Crippen molar-refractivity contribution in [2.45, 2.75) is 64.6 Å². The third kappa shape index (κ3) is 6.19. The molecule has 1 aliphatic heterocycles. The number of hydrazone groups is 1. The van der Waals surface area contributed by atoms with Crippen molar-refractivity contribution in [1.82, 2.24) is 0 Å². The summed E-state index contributed by atoms with van der Waals surface area (Å²) in [5.41, 5.74) is 0.889. The highest BCUT2D eigenvalue weighted by Gasteiger charge is 2.35. The zero-order valence-electron chi connectivity index (χ0n) is 19.4. The SMILES string of the molecule is CC1CCC(C2COC(C3CCC(CS/C(=N/N)N(N)c4ccccc4)CC3)OC2)CC1. The summed E-state index contributed by atoms with van der Waals surface area (Å²) in [6.07, 6.45) is 10.2. The average molecular weight is 461 g/mol. The van der Waals surface area contributed by atoms with Crippen LogP contribution >= 0.6 is 11.8 Å². The molecule has 2 saturated carbocycles. The Bertz CT molecular complexity index is 710. The van der Waals surface area contributed by atoms with Gasteiger partial charge in [0.2, 0.25) is 5.17 Å². The number of thioether (sulfide) groups is 1. The van der Waals surface area contributed by atoms with Gasteiger partial charge in [-0.2, -0.15) is 5.10 Å². The molecule has 178 valence electrons. The largest absolute Gasteiger partial charge is 0.352 e. The highest BCUT2D eigenvalue weighted by molar-refractivity contribution is 8.14. The number of amidine groups is 1. The van der Waals surface area contributed by atoms with E-state index in [2.05, 4.69) is 12.0 Å². The van der Waals surface area contributed by atoms with Gasteiger partial charge >= 0.3 is 0 Å². The fourth-order valence-electron chi connectivity index (χ4n) is 5.52. The number of benzene rings is 1. The minimum Gasteiger partial charge on any atom is -0.352 e. The summed E-state index contributed by atoms with van der Waals surface area (Å²) in [6, 6.07) is 9.81. The lowest BCUT2D eigenvalue weighted by atomic mass is 9.76. The maximum Gasteiger partial charge on any atom is 0.201 e. The van der Waals surface area contributed by atoms with Crippen LogP contribution in [0.4, 0.5) is 5.69 Å². The van der Waals surface area contributed by atoms with Crippen molar-refractivity contribution in [2.75, 3.05) is 24.0 Å². The van der Waals surface area contributed by atoms with E-state index in [9.17, 15) is 0 Å². The molecule has 1 saturated heterocycles. The fourth-order valence-corrected chi connectivity index (χ4v) is 6.56. The van der Waals surface area contributed by atoms with Crippen molar-refractivity contribution in [2.24, 2.45) is 46.4 Å². The van der Waals surface area contributed by atoms with Crippen molar-refractivity contribution in [1.29, 1.82) is 0 Å².